The van der Waals surface area contributed by atoms with Gasteiger partial charge in [-0.05, 0) is 32.0 Å². The number of aromatic nitrogens is 1. The Hall–Kier alpha value is -1.04. The van der Waals surface area contributed by atoms with Crippen LogP contribution in [0.15, 0.2) is 18.3 Å². The van der Waals surface area contributed by atoms with E-state index in [1.165, 1.54) is 0 Å². The molecule has 1 unspecified atom stereocenters. The van der Waals surface area contributed by atoms with Crippen molar-refractivity contribution >= 4 is 11.6 Å². The molecule has 0 aliphatic heterocycles. The fourth-order valence-corrected chi connectivity index (χ4v) is 1.83. The van der Waals surface area contributed by atoms with Gasteiger partial charge in [0.2, 0.25) is 0 Å². The molecule has 16 heavy (non-hydrogen) atoms. The number of hydrogen-bond acceptors (Lipinski definition) is 2. The highest BCUT2D eigenvalue weighted by Crippen LogP contribution is 2.23. The first-order chi connectivity index (χ1) is 7.79. The number of hydrogen-bond donors (Lipinski definition) is 1. The van der Waals surface area contributed by atoms with Gasteiger partial charge in [0.1, 0.15) is 0 Å². The molecule has 86 valence electrons. The molecule has 1 aromatic heterocycles. The van der Waals surface area contributed by atoms with Gasteiger partial charge in [0.05, 0.1) is 16.8 Å². The van der Waals surface area contributed by atoms with Gasteiger partial charge in [0.15, 0.2) is 0 Å². The number of nitrogens with one attached hydrogen (secondary N) is 1. The lowest BCUT2D eigenvalue weighted by Crippen LogP contribution is -2.22. The summed E-state index contributed by atoms with van der Waals surface area (Å²) in [6.07, 6.45) is 3.57. The van der Waals surface area contributed by atoms with E-state index in [0.29, 0.717) is 0 Å². The van der Waals surface area contributed by atoms with Crippen LogP contribution >= 0.6 is 11.6 Å². The standard InChI is InChI=1S/C13H17ClN2/c1-3-5-6-9-12(15-4-2)13-11(14)8-7-10-16-13/h7-8,10,12,15H,4,6,9H2,1-2H3. The van der Waals surface area contributed by atoms with Gasteiger partial charge < -0.3 is 5.32 Å². The monoisotopic (exact) mass is 236 g/mol. The first-order valence-corrected chi connectivity index (χ1v) is 5.90. The number of pyridine rings is 1. The summed E-state index contributed by atoms with van der Waals surface area (Å²) in [7, 11) is 0. The molecular formula is C13H17ClN2. The fourth-order valence-electron chi connectivity index (χ4n) is 1.58. The van der Waals surface area contributed by atoms with Crippen LogP contribution < -0.4 is 5.32 Å². The minimum atomic E-state index is 0.194. The molecule has 1 N–H and O–H groups in total. The van der Waals surface area contributed by atoms with Crippen molar-refractivity contribution in [3.63, 3.8) is 0 Å². The van der Waals surface area contributed by atoms with Crippen molar-refractivity contribution in [1.29, 1.82) is 0 Å². The zero-order chi connectivity index (χ0) is 11.8. The smallest absolute Gasteiger partial charge is 0.0759 e. The SMILES string of the molecule is CC#CCCC(NCC)c1ncccc1Cl. The molecule has 0 saturated heterocycles. The normalized spacial score (nSPS) is 11.7. The van der Waals surface area contributed by atoms with Gasteiger partial charge in [-0.25, -0.2) is 0 Å². The Morgan fingerprint density at radius 2 is 2.38 bits per heavy atom. The molecule has 1 aromatic rings. The van der Waals surface area contributed by atoms with Gasteiger partial charge in [-0.2, -0.15) is 0 Å². The van der Waals surface area contributed by atoms with Gasteiger partial charge in [-0.15, -0.1) is 11.8 Å². The van der Waals surface area contributed by atoms with E-state index in [-0.39, 0.29) is 6.04 Å². The highest BCUT2D eigenvalue weighted by atomic mass is 35.5. The van der Waals surface area contributed by atoms with E-state index in [1.807, 2.05) is 19.1 Å². The molecule has 3 heteroatoms. The Labute approximate surface area is 102 Å². The summed E-state index contributed by atoms with van der Waals surface area (Å²) in [4.78, 5) is 4.33. The minimum absolute atomic E-state index is 0.194. The molecule has 0 amide bonds. The molecule has 0 spiro atoms. The third kappa shape index (κ3) is 3.84. The third-order valence-corrected chi connectivity index (χ3v) is 2.62. The molecule has 0 saturated carbocycles. The summed E-state index contributed by atoms with van der Waals surface area (Å²) in [6.45, 7) is 4.84. The van der Waals surface area contributed by atoms with E-state index in [1.54, 1.807) is 6.20 Å². The van der Waals surface area contributed by atoms with Crippen molar-refractivity contribution in [2.75, 3.05) is 6.54 Å². The average molecular weight is 237 g/mol. The second-order valence-electron chi connectivity index (χ2n) is 3.45. The van der Waals surface area contributed by atoms with Crippen LogP contribution in [0.25, 0.3) is 0 Å². The predicted molar refractivity (Wildman–Crippen MR) is 68.3 cm³/mol. The van der Waals surface area contributed by atoms with Crippen LogP contribution in [0.2, 0.25) is 5.02 Å². The molecule has 1 atom stereocenters. The van der Waals surface area contributed by atoms with Crippen LogP contribution in [0.4, 0.5) is 0 Å². The van der Waals surface area contributed by atoms with Crippen molar-refractivity contribution in [3.8, 4) is 11.8 Å². The van der Waals surface area contributed by atoms with Crippen molar-refractivity contribution in [1.82, 2.24) is 10.3 Å². The molecule has 0 aliphatic rings. The van der Waals surface area contributed by atoms with E-state index < -0.39 is 0 Å². The number of nitrogens with zero attached hydrogens (tertiary/aromatic N) is 1. The van der Waals surface area contributed by atoms with E-state index in [2.05, 4.69) is 29.1 Å². The molecule has 1 rings (SSSR count). The Bertz CT molecular complexity index is 379. The van der Waals surface area contributed by atoms with Gasteiger partial charge in [0, 0.05) is 12.6 Å². The number of rotatable bonds is 5. The summed E-state index contributed by atoms with van der Waals surface area (Å²) in [5, 5.41) is 4.10. The summed E-state index contributed by atoms with van der Waals surface area (Å²) in [5.41, 5.74) is 0.920. The molecule has 0 aliphatic carbocycles. The van der Waals surface area contributed by atoms with E-state index in [4.69, 9.17) is 11.6 Å². The predicted octanol–water partition coefficient (Wildman–Crippen LogP) is 3.19. The maximum Gasteiger partial charge on any atom is 0.0759 e. The van der Waals surface area contributed by atoms with Crippen LogP contribution in [-0.4, -0.2) is 11.5 Å². The Kier molecular flexibility index (Phi) is 5.92. The molecule has 0 bridgehead atoms. The van der Waals surface area contributed by atoms with Gasteiger partial charge in [-0.1, -0.05) is 18.5 Å². The largest absolute Gasteiger partial charge is 0.309 e. The molecule has 2 nitrogen and oxygen atoms in total. The Balaban J connectivity index is 2.75. The van der Waals surface area contributed by atoms with Crippen molar-refractivity contribution in [2.45, 2.75) is 32.7 Å². The quantitative estimate of drug-likeness (QED) is 0.795. The Morgan fingerprint density at radius 3 is 3.00 bits per heavy atom. The van der Waals surface area contributed by atoms with E-state index in [0.717, 1.165) is 30.1 Å². The highest BCUT2D eigenvalue weighted by Gasteiger charge is 2.13. The average Bonchev–Trinajstić information content (AvgIpc) is 2.29. The molecular weight excluding hydrogens is 220 g/mol. The summed E-state index contributed by atoms with van der Waals surface area (Å²) in [6, 6.07) is 3.92. The van der Waals surface area contributed by atoms with Crippen LogP contribution in [-0.2, 0) is 0 Å². The van der Waals surface area contributed by atoms with Crippen LogP contribution in [0.5, 0.6) is 0 Å². The van der Waals surface area contributed by atoms with Crippen molar-refractivity contribution in [2.24, 2.45) is 0 Å². The molecule has 0 fully saturated rings. The zero-order valence-corrected chi connectivity index (χ0v) is 10.5. The highest BCUT2D eigenvalue weighted by molar-refractivity contribution is 6.31. The second kappa shape index (κ2) is 7.27. The van der Waals surface area contributed by atoms with Gasteiger partial charge in [0.25, 0.3) is 0 Å². The molecule has 1 heterocycles. The van der Waals surface area contributed by atoms with Crippen LogP contribution in [0, 0.1) is 11.8 Å². The van der Waals surface area contributed by atoms with E-state index in [9.17, 15) is 0 Å². The summed E-state index contributed by atoms with van der Waals surface area (Å²) < 4.78 is 0. The third-order valence-electron chi connectivity index (χ3n) is 2.30. The second-order valence-corrected chi connectivity index (χ2v) is 3.85. The van der Waals surface area contributed by atoms with Crippen molar-refractivity contribution < 1.29 is 0 Å². The van der Waals surface area contributed by atoms with Crippen molar-refractivity contribution in [3.05, 3.63) is 29.0 Å². The van der Waals surface area contributed by atoms with Crippen LogP contribution in [0.1, 0.15) is 38.4 Å². The fraction of sp³-hybridized carbons (Fsp3) is 0.462. The molecule has 0 aromatic carbocycles. The van der Waals surface area contributed by atoms with Gasteiger partial charge >= 0.3 is 0 Å². The summed E-state index contributed by atoms with van der Waals surface area (Å²) >= 11 is 6.13. The first-order valence-electron chi connectivity index (χ1n) is 5.53. The lowest BCUT2D eigenvalue weighted by Gasteiger charge is -2.17. The maximum absolute atomic E-state index is 6.13. The van der Waals surface area contributed by atoms with Crippen LogP contribution in [0.3, 0.4) is 0 Å². The topological polar surface area (TPSA) is 24.9 Å². The Morgan fingerprint density at radius 1 is 1.56 bits per heavy atom. The lowest BCUT2D eigenvalue weighted by atomic mass is 10.1. The number of halogens is 1. The molecule has 0 radical (unpaired) electrons. The maximum atomic E-state index is 6.13. The van der Waals surface area contributed by atoms with E-state index >= 15 is 0 Å². The van der Waals surface area contributed by atoms with Gasteiger partial charge in [-0.3, -0.25) is 4.98 Å². The summed E-state index contributed by atoms with van der Waals surface area (Å²) in [5.74, 6) is 5.97. The lowest BCUT2D eigenvalue weighted by molar-refractivity contribution is 0.511. The first kappa shape index (κ1) is 13.0. The zero-order valence-electron chi connectivity index (χ0n) is 9.76. The minimum Gasteiger partial charge on any atom is -0.309 e.